The number of hydrogen-bond donors (Lipinski definition) is 0. The third kappa shape index (κ3) is 5.19. The maximum Gasteiger partial charge on any atom is 0.411 e. The lowest BCUT2D eigenvalue weighted by molar-refractivity contribution is 0.0549. The smallest absolute Gasteiger partial charge is 0.411 e. The topological polar surface area (TPSA) is 47.4 Å². The maximum atomic E-state index is 13.8. The number of thioether (sulfide) groups is 1. The largest absolute Gasteiger partial charge is 0.433 e. The number of benzene rings is 1. The molecular weight excluding hydrogens is 440 g/mol. The first kappa shape index (κ1) is 23.8. The van der Waals surface area contributed by atoms with Gasteiger partial charge in [-0.05, 0) is 53.0 Å². The Morgan fingerprint density at radius 3 is 2.38 bits per heavy atom. The fraction of sp³-hybridized carbons (Fsp3) is 0.474. The van der Waals surface area contributed by atoms with Crippen LogP contribution in [0.3, 0.4) is 0 Å². The summed E-state index contributed by atoms with van der Waals surface area (Å²) < 4.78 is 34.6. The van der Waals surface area contributed by atoms with Gasteiger partial charge in [-0.25, -0.2) is 18.1 Å². The molecule has 0 aliphatic carbocycles. The number of aryl methyl sites for hydroxylation is 1. The second-order valence-corrected chi connectivity index (χ2v) is 8.67. The summed E-state index contributed by atoms with van der Waals surface area (Å²) >= 11 is 7.24. The van der Waals surface area contributed by atoms with Crippen molar-refractivity contribution in [2.24, 2.45) is 0 Å². The molecule has 0 saturated carbocycles. The Kier molecular flexibility index (Phi) is 8.25. The monoisotopic (exact) mass is 463 g/mol. The van der Waals surface area contributed by atoms with Gasteiger partial charge >= 0.3 is 6.09 Å². The van der Waals surface area contributed by atoms with E-state index in [1.54, 1.807) is 18.1 Å². The number of amides is 1. The summed E-state index contributed by atoms with van der Waals surface area (Å²) in [6.07, 6.45) is 0.154. The van der Waals surface area contributed by atoms with Crippen LogP contribution in [0.15, 0.2) is 23.2 Å². The van der Waals surface area contributed by atoms with E-state index in [1.807, 2.05) is 27.7 Å². The highest BCUT2D eigenvalue weighted by atomic mass is 35.5. The number of carbonyl (C=O) groups is 1. The van der Waals surface area contributed by atoms with Crippen LogP contribution in [0.2, 0.25) is 5.02 Å². The molecule has 5 nitrogen and oxygen atoms in total. The minimum Gasteiger partial charge on any atom is -0.433 e. The average molecular weight is 464 g/mol. The second kappa shape index (κ2) is 10.0. The number of halogens is 3. The highest BCUT2D eigenvalue weighted by Gasteiger charge is 2.31. The normalized spacial score (nSPS) is 12.5. The Bertz CT molecular complexity index is 869. The first-order valence-corrected chi connectivity index (χ1v) is 11.3. The number of rotatable bonds is 7. The van der Waals surface area contributed by atoms with E-state index < -0.39 is 18.0 Å². The van der Waals surface area contributed by atoms with Crippen LogP contribution in [0.1, 0.15) is 50.9 Å². The lowest BCUT2D eigenvalue weighted by Gasteiger charge is -2.31. The average Bonchev–Trinajstić information content (AvgIpc) is 2.96. The van der Waals surface area contributed by atoms with E-state index in [9.17, 15) is 13.1 Å². The highest BCUT2D eigenvalue weighted by Crippen LogP contribution is 2.36. The van der Waals surface area contributed by atoms with Crippen LogP contribution in [-0.2, 0) is 4.74 Å². The fourth-order valence-electron chi connectivity index (χ4n) is 3.10. The Hall–Kier alpha value is -1.45. The van der Waals surface area contributed by atoms with Gasteiger partial charge < -0.3 is 9.64 Å². The van der Waals surface area contributed by atoms with Crippen LogP contribution in [0.5, 0.6) is 0 Å². The van der Waals surface area contributed by atoms with E-state index >= 15 is 0 Å². The number of imidazole rings is 1. The molecule has 0 aliphatic heterocycles. The molecule has 1 unspecified atom stereocenters. The first-order valence-electron chi connectivity index (χ1n) is 8.98. The molecule has 0 aliphatic rings. The summed E-state index contributed by atoms with van der Waals surface area (Å²) in [4.78, 5) is 18.9. The molecule has 1 atom stereocenters. The molecule has 2 rings (SSSR count). The Balaban J connectivity index is 2.58. The summed E-state index contributed by atoms with van der Waals surface area (Å²) in [6, 6.07) is 3.77. The molecular formula is C19H24ClF2N3O2S2. The van der Waals surface area contributed by atoms with Crippen LogP contribution < -0.4 is 0 Å². The maximum absolute atomic E-state index is 13.8. The number of nitrogens with zero attached hydrogens (tertiary/aromatic N) is 3. The Morgan fingerprint density at radius 2 is 1.90 bits per heavy atom. The molecule has 0 radical (unpaired) electrons. The van der Waals surface area contributed by atoms with Gasteiger partial charge in [0.2, 0.25) is 0 Å². The van der Waals surface area contributed by atoms with E-state index in [0.717, 1.165) is 0 Å². The molecule has 2 aromatic rings. The van der Waals surface area contributed by atoms with Crippen molar-refractivity contribution in [3.8, 4) is 0 Å². The molecule has 0 saturated heterocycles. The van der Waals surface area contributed by atoms with E-state index in [-0.39, 0.29) is 35.3 Å². The van der Waals surface area contributed by atoms with Gasteiger partial charge in [-0.1, -0.05) is 17.7 Å². The Labute approximate surface area is 183 Å². The molecule has 0 bridgehead atoms. The number of aromatic nitrogens is 2. The predicted octanol–water partition coefficient (Wildman–Crippen LogP) is 6.43. The third-order valence-corrected chi connectivity index (χ3v) is 6.05. The first-order chi connectivity index (χ1) is 13.6. The summed E-state index contributed by atoms with van der Waals surface area (Å²) in [5.74, 6) is -0.418. The molecule has 29 heavy (non-hydrogen) atoms. The van der Waals surface area contributed by atoms with Gasteiger partial charge in [-0.15, -0.1) is 15.6 Å². The van der Waals surface area contributed by atoms with Crippen LogP contribution in [-0.4, -0.2) is 38.3 Å². The van der Waals surface area contributed by atoms with Crippen molar-refractivity contribution in [2.45, 2.75) is 57.8 Å². The molecule has 1 heterocycles. The van der Waals surface area contributed by atoms with Gasteiger partial charge in [0.15, 0.2) is 24.3 Å². The van der Waals surface area contributed by atoms with Crippen LogP contribution in [0, 0.1) is 12.7 Å². The number of hydrogen-bond acceptors (Lipinski definition) is 5. The minimum absolute atomic E-state index is 0.0327. The highest BCUT2D eigenvalue weighted by molar-refractivity contribution is 7.99. The van der Waals surface area contributed by atoms with Crippen LogP contribution in [0.25, 0.3) is 0 Å². The summed E-state index contributed by atoms with van der Waals surface area (Å²) in [5, 5.41) is 0.465. The fourth-order valence-corrected chi connectivity index (χ4v) is 4.60. The van der Waals surface area contributed by atoms with Crippen LogP contribution >= 0.6 is 35.7 Å². The van der Waals surface area contributed by atoms with E-state index in [4.69, 9.17) is 16.3 Å². The van der Waals surface area contributed by atoms with Gasteiger partial charge in [0.05, 0.1) is 10.7 Å². The van der Waals surface area contributed by atoms with Gasteiger partial charge in [-0.3, -0.25) is 0 Å². The summed E-state index contributed by atoms with van der Waals surface area (Å²) in [6.45, 7) is 9.24. The van der Waals surface area contributed by atoms with Gasteiger partial charge in [0.25, 0.3) is 0 Å². The molecule has 1 amide bonds. The van der Waals surface area contributed by atoms with Gasteiger partial charge in [-0.2, -0.15) is 0 Å². The number of ether oxygens (including phenoxy) is 1. The number of carbonyl (C=O) groups excluding carboxylic acids is 1. The molecule has 0 spiro atoms. The van der Waals surface area contributed by atoms with Crippen molar-refractivity contribution in [1.29, 1.82) is 0 Å². The van der Waals surface area contributed by atoms with Crippen molar-refractivity contribution in [2.75, 3.05) is 6.26 Å². The van der Waals surface area contributed by atoms with Crippen molar-refractivity contribution in [1.82, 2.24) is 13.9 Å². The molecule has 0 N–H and O–H groups in total. The quantitative estimate of drug-likeness (QED) is 0.442. The van der Waals surface area contributed by atoms with Crippen molar-refractivity contribution < 1.29 is 17.8 Å². The third-order valence-electron chi connectivity index (χ3n) is 4.27. The molecule has 1 aromatic heterocycles. The molecule has 0 fully saturated rings. The molecule has 160 valence electrons. The predicted molar refractivity (Wildman–Crippen MR) is 115 cm³/mol. The SMILES string of the molecule is CSc1c(C)nc(C(OC(=O)N(C(C)C)C(C)C)c2ccc(F)c(Cl)c2)n1SF. The molecule has 10 heteroatoms. The zero-order valence-electron chi connectivity index (χ0n) is 17.1. The van der Waals surface area contributed by atoms with Gasteiger partial charge in [0.1, 0.15) is 10.8 Å². The van der Waals surface area contributed by atoms with Crippen LogP contribution in [0.4, 0.5) is 13.1 Å². The van der Waals surface area contributed by atoms with Crippen molar-refractivity contribution >= 4 is 41.8 Å². The van der Waals surface area contributed by atoms with Crippen molar-refractivity contribution in [3.63, 3.8) is 0 Å². The van der Waals surface area contributed by atoms with E-state index in [1.165, 1.54) is 33.9 Å². The summed E-state index contributed by atoms with van der Waals surface area (Å²) in [7, 11) is 0. The zero-order valence-corrected chi connectivity index (χ0v) is 19.5. The van der Waals surface area contributed by atoms with E-state index in [2.05, 4.69) is 4.98 Å². The van der Waals surface area contributed by atoms with E-state index in [0.29, 0.717) is 16.3 Å². The second-order valence-electron chi connectivity index (χ2n) is 6.96. The Morgan fingerprint density at radius 1 is 1.28 bits per heavy atom. The summed E-state index contributed by atoms with van der Waals surface area (Å²) in [5.41, 5.74) is 0.988. The van der Waals surface area contributed by atoms with Gasteiger partial charge in [0, 0.05) is 17.6 Å². The van der Waals surface area contributed by atoms with Crippen molar-refractivity contribution in [3.05, 3.63) is 46.1 Å². The minimum atomic E-state index is -1.07. The standard InChI is InChI=1S/C19H24ClF2N3O2S2/c1-10(2)24(11(3)4)19(26)27-16(13-7-8-15(21)14(20)9-13)17-23-12(5)18(28-6)25(17)29-22/h7-11,16H,1-6H3. The zero-order chi connectivity index (χ0) is 21.9. The molecule has 1 aromatic carbocycles. The lowest BCUT2D eigenvalue weighted by atomic mass is 10.1. The lowest BCUT2D eigenvalue weighted by Crippen LogP contribution is -2.43.